The van der Waals surface area contributed by atoms with Gasteiger partial charge in [0.2, 0.25) is 0 Å². The van der Waals surface area contributed by atoms with Crippen LogP contribution in [0.1, 0.15) is 24.0 Å². The van der Waals surface area contributed by atoms with Crippen LogP contribution in [-0.2, 0) is 21.1 Å². The van der Waals surface area contributed by atoms with Crippen molar-refractivity contribution >= 4 is 15.8 Å². The molecule has 0 unspecified atom stereocenters. The SMILES string of the molecule is CCc1ccc([C@@H]2[C@H](S(C)(=O)=O)[C@@]2(C#N)C(=O)O)cc1. The van der Waals surface area contributed by atoms with Crippen LogP contribution in [0.25, 0.3) is 0 Å². The first kappa shape index (κ1) is 14.5. The van der Waals surface area contributed by atoms with E-state index in [4.69, 9.17) is 0 Å². The van der Waals surface area contributed by atoms with E-state index >= 15 is 0 Å². The molecule has 5 nitrogen and oxygen atoms in total. The molecule has 0 saturated heterocycles. The van der Waals surface area contributed by atoms with Gasteiger partial charge in [-0.05, 0) is 17.5 Å². The minimum Gasteiger partial charge on any atom is -0.480 e. The van der Waals surface area contributed by atoms with E-state index in [-0.39, 0.29) is 0 Å². The maximum absolute atomic E-state index is 11.8. The summed E-state index contributed by atoms with van der Waals surface area (Å²) in [6.07, 6.45) is 1.82. The van der Waals surface area contributed by atoms with Crippen LogP contribution < -0.4 is 0 Å². The number of sulfone groups is 1. The zero-order valence-corrected chi connectivity index (χ0v) is 12.0. The highest BCUT2D eigenvalue weighted by atomic mass is 32.2. The van der Waals surface area contributed by atoms with Crippen LogP contribution in [-0.4, -0.2) is 31.0 Å². The van der Waals surface area contributed by atoms with Gasteiger partial charge in [0.1, 0.15) is 5.25 Å². The quantitative estimate of drug-likeness (QED) is 0.904. The second-order valence-electron chi connectivity index (χ2n) is 5.11. The molecule has 0 heterocycles. The third kappa shape index (κ3) is 1.98. The third-order valence-electron chi connectivity index (χ3n) is 3.88. The molecular weight excluding hydrogens is 278 g/mol. The van der Waals surface area contributed by atoms with Crippen LogP contribution in [0, 0.1) is 16.7 Å². The summed E-state index contributed by atoms with van der Waals surface area (Å²) in [5, 5.41) is 17.3. The number of benzene rings is 1. The molecule has 6 heteroatoms. The minimum absolute atomic E-state index is 0.585. The van der Waals surface area contributed by atoms with Crippen LogP contribution in [0.3, 0.4) is 0 Å². The topological polar surface area (TPSA) is 95.2 Å². The van der Waals surface area contributed by atoms with Crippen LogP contribution in [0.5, 0.6) is 0 Å². The average molecular weight is 293 g/mol. The van der Waals surface area contributed by atoms with E-state index in [9.17, 15) is 23.6 Å². The Morgan fingerprint density at radius 3 is 2.25 bits per heavy atom. The van der Waals surface area contributed by atoms with Crippen molar-refractivity contribution in [2.24, 2.45) is 5.41 Å². The first-order chi connectivity index (χ1) is 9.29. The highest BCUT2D eigenvalue weighted by Crippen LogP contribution is 2.62. The number of aryl methyl sites for hydroxylation is 1. The van der Waals surface area contributed by atoms with Crippen LogP contribution in [0.2, 0.25) is 0 Å². The lowest BCUT2D eigenvalue weighted by molar-refractivity contribution is -0.141. The molecule has 1 aliphatic carbocycles. The fourth-order valence-electron chi connectivity index (χ4n) is 2.78. The molecule has 1 aliphatic rings. The van der Waals surface area contributed by atoms with Gasteiger partial charge in [-0.25, -0.2) is 8.42 Å². The van der Waals surface area contributed by atoms with Crippen molar-refractivity contribution in [3.63, 3.8) is 0 Å². The first-order valence-corrected chi connectivity index (χ1v) is 8.16. The number of nitriles is 1. The van der Waals surface area contributed by atoms with Crippen LogP contribution >= 0.6 is 0 Å². The van der Waals surface area contributed by atoms with Gasteiger partial charge in [0.25, 0.3) is 0 Å². The monoisotopic (exact) mass is 293 g/mol. The lowest BCUT2D eigenvalue weighted by Gasteiger charge is -2.03. The summed E-state index contributed by atoms with van der Waals surface area (Å²) >= 11 is 0. The summed E-state index contributed by atoms with van der Waals surface area (Å²) in [6.45, 7) is 1.99. The third-order valence-corrected chi connectivity index (χ3v) is 5.45. The second-order valence-corrected chi connectivity index (χ2v) is 7.28. The fraction of sp³-hybridized carbons (Fsp3) is 0.429. The molecule has 1 N–H and O–H groups in total. The van der Waals surface area contributed by atoms with Gasteiger partial charge >= 0.3 is 5.97 Å². The lowest BCUT2D eigenvalue weighted by Crippen LogP contribution is -2.21. The van der Waals surface area contributed by atoms with E-state index < -0.39 is 32.4 Å². The predicted octanol–water partition coefficient (Wildman–Crippen LogP) is 1.35. The number of nitrogens with zero attached hydrogens (tertiary/aromatic N) is 1. The average Bonchev–Trinajstić information content (AvgIpc) is 3.09. The van der Waals surface area contributed by atoms with Gasteiger partial charge in [-0.15, -0.1) is 0 Å². The lowest BCUT2D eigenvalue weighted by atomic mass is 9.99. The molecular formula is C14H15NO4S. The molecule has 1 fully saturated rings. The maximum Gasteiger partial charge on any atom is 0.326 e. The van der Waals surface area contributed by atoms with Crippen molar-refractivity contribution in [1.82, 2.24) is 0 Å². The summed E-state index contributed by atoms with van der Waals surface area (Å²) in [6, 6.07) is 8.79. The standard InChI is InChI=1S/C14H15NO4S/c1-3-9-4-6-10(7-5-9)11-12(20(2,18)19)14(11,8-15)13(16)17/h4-7,11-12H,3H2,1-2H3,(H,16,17)/t11-,12+,14+/m1/s1. The highest BCUT2D eigenvalue weighted by Gasteiger charge is 2.76. The number of carboxylic acid groups (broad SMARTS) is 1. The zero-order valence-electron chi connectivity index (χ0n) is 11.2. The molecule has 2 rings (SSSR count). The largest absolute Gasteiger partial charge is 0.480 e. The first-order valence-electron chi connectivity index (χ1n) is 6.21. The van der Waals surface area contributed by atoms with Gasteiger partial charge in [-0.3, -0.25) is 4.79 Å². The fourth-order valence-corrected chi connectivity index (χ4v) is 4.54. The summed E-state index contributed by atoms with van der Waals surface area (Å²) in [5.74, 6) is -2.18. The molecule has 1 aromatic rings. The van der Waals surface area contributed by atoms with Crippen molar-refractivity contribution < 1.29 is 18.3 Å². The normalized spacial score (nSPS) is 28.6. The molecule has 0 aromatic heterocycles. The zero-order chi connectivity index (χ0) is 15.1. The number of carbonyl (C=O) groups is 1. The Labute approximate surface area is 117 Å². The Kier molecular flexibility index (Phi) is 3.34. The van der Waals surface area contributed by atoms with E-state index in [1.54, 1.807) is 18.2 Å². The molecule has 0 spiro atoms. The van der Waals surface area contributed by atoms with E-state index in [1.807, 2.05) is 19.1 Å². The number of rotatable bonds is 4. The van der Waals surface area contributed by atoms with Crippen LogP contribution in [0.15, 0.2) is 24.3 Å². The van der Waals surface area contributed by atoms with Gasteiger partial charge in [-0.1, -0.05) is 31.2 Å². The molecule has 0 amide bonds. The van der Waals surface area contributed by atoms with E-state index in [1.165, 1.54) is 0 Å². The summed E-state index contributed by atoms with van der Waals surface area (Å²) in [5.41, 5.74) is -0.203. The second kappa shape index (κ2) is 4.60. The molecule has 0 aliphatic heterocycles. The summed E-state index contributed by atoms with van der Waals surface area (Å²) < 4.78 is 23.5. The van der Waals surface area contributed by atoms with Gasteiger partial charge in [0.15, 0.2) is 15.3 Å². The maximum atomic E-state index is 11.8. The van der Waals surface area contributed by atoms with E-state index in [0.717, 1.165) is 18.2 Å². The number of hydrogen-bond donors (Lipinski definition) is 1. The van der Waals surface area contributed by atoms with Gasteiger partial charge in [0, 0.05) is 12.2 Å². The Morgan fingerprint density at radius 1 is 1.40 bits per heavy atom. The van der Waals surface area contributed by atoms with Crippen molar-refractivity contribution in [3.8, 4) is 6.07 Å². The number of carboxylic acids is 1. The van der Waals surface area contributed by atoms with Crippen LogP contribution in [0.4, 0.5) is 0 Å². The smallest absolute Gasteiger partial charge is 0.326 e. The van der Waals surface area contributed by atoms with E-state index in [2.05, 4.69) is 0 Å². The van der Waals surface area contributed by atoms with Gasteiger partial charge in [0.05, 0.1) is 6.07 Å². The van der Waals surface area contributed by atoms with Crippen molar-refractivity contribution in [3.05, 3.63) is 35.4 Å². The Morgan fingerprint density at radius 2 is 1.95 bits per heavy atom. The molecule has 1 aromatic carbocycles. The molecule has 0 radical (unpaired) electrons. The molecule has 1 saturated carbocycles. The molecule has 20 heavy (non-hydrogen) atoms. The van der Waals surface area contributed by atoms with Gasteiger partial charge < -0.3 is 5.11 Å². The molecule has 3 atom stereocenters. The molecule has 106 valence electrons. The van der Waals surface area contributed by atoms with Crippen molar-refractivity contribution in [1.29, 1.82) is 5.26 Å². The number of aliphatic carboxylic acids is 1. The summed E-state index contributed by atoms with van der Waals surface area (Å²) in [4.78, 5) is 11.4. The predicted molar refractivity (Wildman–Crippen MR) is 72.9 cm³/mol. The summed E-state index contributed by atoms with van der Waals surface area (Å²) in [7, 11) is -3.61. The molecule has 0 bridgehead atoms. The Bertz CT molecular complexity index is 687. The van der Waals surface area contributed by atoms with Gasteiger partial charge in [-0.2, -0.15) is 5.26 Å². The number of hydrogen-bond acceptors (Lipinski definition) is 4. The highest BCUT2D eigenvalue weighted by molar-refractivity contribution is 7.91. The van der Waals surface area contributed by atoms with Crippen molar-refractivity contribution in [2.75, 3.05) is 6.26 Å². The van der Waals surface area contributed by atoms with Crippen molar-refractivity contribution in [2.45, 2.75) is 24.5 Å². The Hall–Kier alpha value is -1.87. The minimum atomic E-state index is -3.61. The Balaban J connectivity index is 2.49. The van der Waals surface area contributed by atoms with E-state index in [0.29, 0.717) is 5.56 Å².